The SMILES string of the molecule is CCCCCCCCCCCCCCCCC1CN(CC)C(CCCCCCCCCCCCCCC)=[N+]1CC.CCOS(=O)(=O)[O-]. The first-order chi connectivity index (χ1) is 22.8. The molecule has 1 unspecified atom stereocenters. The van der Waals surface area contributed by atoms with E-state index in [1.54, 1.807) is 5.84 Å². The molecule has 6 nitrogen and oxygen atoms in total. The van der Waals surface area contributed by atoms with Crippen LogP contribution in [0.3, 0.4) is 0 Å². The highest BCUT2D eigenvalue weighted by molar-refractivity contribution is 7.80. The predicted molar refractivity (Wildman–Crippen MR) is 203 cm³/mol. The number of rotatable bonds is 33. The van der Waals surface area contributed by atoms with Gasteiger partial charge in [0.25, 0.3) is 0 Å². The summed E-state index contributed by atoms with van der Waals surface area (Å²) in [5.41, 5.74) is 0. The summed E-state index contributed by atoms with van der Waals surface area (Å²) in [6.45, 7) is 14.4. The second-order valence-corrected chi connectivity index (χ2v) is 15.1. The summed E-state index contributed by atoms with van der Waals surface area (Å²) in [6, 6.07) is 0.777. The average Bonchev–Trinajstić information content (AvgIpc) is 3.39. The molecule has 0 bridgehead atoms. The first-order valence-corrected chi connectivity index (χ1v) is 22.1. The molecule has 0 N–H and O–H groups in total. The maximum absolute atomic E-state index is 9.45. The van der Waals surface area contributed by atoms with Crippen molar-refractivity contribution in [1.29, 1.82) is 0 Å². The molecular formula is C40H82N2O4S. The van der Waals surface area contributed by atoms with Crippen LogP contribution < -0.4 is 0 Å². The van der Waals surface area contributed by atoms with Gasteiger partial charge in [-0.2, -0.15) is 0 Å². The molecule has 0 saturated carbocycles. The first-order valence-electron chi connectivity index (χ1n) is 20.8. The molecule has 282 valence electrons. The van der Waals surface area contributed by atoms with E-state index in [1.165, 1.54) is 213 Å². The zero-order chi connectivity index (χ0) is 34.9. The summed E-state index contributed by atoms with van der Waals surface area (Å²) < 4.78 is 34.8. The highest BCUT2D eigenvalue weighted by atomic mass is 32.3. The van der Waals surface area contributed by atoms with E-state index in [0.717, 1.165) is 6.04 Å². The van der Waals surface area contributed by atoms with E-state index in [9.17, 15) is 13.0 Å². The standard InChI is InChI=1S/C38H77N2.C2H6O4S/c1-5-9-11-13-15-17-19-21-23-24-26-28-30-32-34-37-36-39(7-3)38(40(37)8-4)35-33-31-29-27-25-22-20-18-16-14-12-10-6-2;1-2-6-7(3,4)5/h37H,5-36H2,1-4H3;2H2,1H3,(H,3,4,5)/q+1;/p-1. The first kappa shape index (κ1) is 46.3. The second-order valence-electron chi connectivity index (χ2n) is 14.1. The van der Waals surface area contributed by atoms with Crippen molar-refractivity contribution in [1.82, 2.24) is 4.90 Å². The molecule has 47 heavy (non-hydrogen) atoms. The largest absolute Gasteiger partial charge is 0.726 e. The molecule has 0 aliphatic carbocycles. The van der Waals surface area contributed by atoms with Gasteiger partial charge in [0.1, 0.15) is 12.6 Å². The molecule has 0 aromatic carbocycles. The van der Waals surface area contributed by atoms with Gasteiger partial charge in [-0.25, -0.2) is 8.42 Å². The van der Waals surface area contributed by atoms with Crippen LogP contribution in [-0.4, -0.2) is 60.6 Å². The van der Waals surface area contributed by atoms with Crippen LogP contribution in [0.5, 0.6) is 0 Å². The topological polar surface area (TPSA) is 72.7 Å². The summed E-state index contributed by atoms with van der Waals surface area (Å²) in [6.07, 6.45) is 42.0. The fourth-order valence-corrected chi connectivity index (χ4v) is 7.46. The molecule has 0 fully saturated rings. The molecule has 0 saturated heterocycles. The van der Waals surface area contributed by atoms with Gasteiger partial charge in [-0.05, 0) is 40.0 Å². The third-order valence-electron chi connectivity index (χ3n) is 9.95. The number of hydrogen-bond donors (Lipinski definition) is 0. The molecule has 1 aliphatic heterocycles. The van der Waals surface area contributed by atoms with Gasteiger partial charge in [-0.15, -0.1) is 0 Å². The van der Waals surface area contributed by atoms with Gasteiger partial charge in [-0.1, -0.05) is 174 Å². The zero-order valence-electron chi connectivity index (χ0n) is 32.3. The average molecular weight is 687 g/mol. The minimum absolute atomic E-state index is 0.0914. The Labute approximate surface area is 295 Å². The number of unbranched alkanes of at least 4 members (excludes halogenated alkanes) is 25. The van der Waals surface area contributed by atoms with Crippen LogP contribution >= 0.6 is 0 Å². The minimum atomic E-state index is -4.42. The summed E-state index contributed by atoms with van der Waals surface area (Å²) in [4.78, 5) is 2.72. The van der Waals surface area contributed by atoms with E-state index in [1.807, 2.05) is 0 Å². The van der Waals surface area contributed by atoms with Crippen molar-refractivity contribution in [2.45, 2.75) is 227 Å². The smallest absolute Gasteiger partial charge is 0.247 e. The van der Waals surface area contributed by atoms with Crippen molar-refractivity contribution in [3.63, 3.8) is 0 Å². The van der Waals surface area contributed by atoms with E-state index < -0.39 is 10.4 Å². The molecule has 0 aromatic rings. The molecule has 1 rings (SSSR count). The highest BCUT2D eigenvalue weighted by Gasteiger charge is 2.35. The Morgan fingerprint density at radius 2 is 0.957 bits per heavy atom. The Bertz CT molecular complexity index is 802. The maximum Gasteiger partial charge on any atom is 0.247 e. The summed E-state index contributed by atoms with van der Waals surface area (Å²) >= 11 is 0. The molecule has 1 atom stereocenters. The maximum atomic E-state index is 9.45. The Kier molecular flexibility index (Phi) is 33.3. The fraction of sp³-hybridized carbons (Fsp3) is 0.975. The van der Waals surface area contributed by atoms with Crippen molar-refractivity contribution in [2.24, 2.45) is 0 Å². The number of nitrogens with zero attached hydrogens (tertiary/aromatic N) is 2. The van der Waals surface area contributed by atoms with Crippen LogP contribution in [0.4, 0.5) is 0 Å². The van der Waals surface area contributed by atoms with Gasteiger partial charge < -0.3 is 4.55 Å². The third kappa shape index (κ3) is 28.8. The molecule has 0 radical (unpaired) electrons. The Hall–Kier alpha value is -0.660. The van der Waals surface area contributed by atoms with Gasteiger partial charge in [0.2, 0.25) is 16.2 Å². The quantitative estimate of drug-likeness (QED) is 0.0297. The van der Waals surface area contributed by atoms with Crippen LogP contribution in [0.15, 0.2) is 0 Å². The normalized spacial score (nSPS) is 15.0. The number of amidine groups is 1. The molecule has 0 aromatic heterocycles. The lowest BCUT2D eigenvalue weighted by atomic mass is 10.0. The van der Waals surface area contributed by atoms with Crippen molar-refractivity contribution in [3.8, 4) is 0 Å². The van der Waals surface area contributed by atoms with Gasteiger partial charge in [0, 0.05) is 6.42 Å². The van der Waals surface area contributed by atoms with E-state index in [4.69, 9.17) is 0 Å². The van der Waals surface area contributed by atoms with Gasteiger partial charge >= 0.3 is 0 Å². The van der Waals surface area contributed by atoms with Crippen molar-refractivity contribution < 1.29 is 21.7 Å². The van der Waals surface area contributed by atoms with E-state index in [2.05, 4.69) is 41.4 Å². The molecular weight excluding hydrogens is 605 g/mol. The fourth-order valence-electron chi connectivity index (χ4n) is 7.17. The zero-order valence-corrected chi connectivity index (χ0v) is 33.2. The monoisotopic (exact) mass is 687 g/mol. The Morgan fingerprint density at radius 3 is 1.26 bits per heavy atom. The van der Waals surface area contributed by atoms with Crippen LogP contribution in [-0.2, 0) is 14.6 Å². The van der Waals surface area contributed by atoms with Crippen LogP contribution in [0, 0.1) is 0 Å². The lowest BCUT2D eigenvalue weighted by molar-refractivity contribution is -0.554. The molecule has 0 spiro atoms. The summed E-state index contributed by atoms with van der Waals surface area (Å²) in [5, 5.41) is 0. The molecule has 1 aliphatic rings. The van der Waals surface area contributed by atoms with Gasteiger partial charge in [-0.3, -0.25) is 13.7 Å². The van der Waals surface area contributed by atoms with E-state index in [-0.39, 0.29) is 6.61 Å². The summed E-state index contributed by atoms with van der Waals surface area (Å²) in [7, 11) is -4.42. The van der Waals surface area contributed by atoms with Gasteiger partial charge in [0.05, 0.1) is 19.7 Å². The highest BCUT2D eigenvalue weighted by Crippen LogP contribution is 2.21. The van der Waals surface area contributed by atoms with E-state index in [0.29, 0.717) is 0 Å². The lowest BCUT2D eigenvalue weighted by Crippen LogP contribution is -2.29. The van der Waals surface area contributed by atoms with Crippen LogP contribution in [0.1, 0.15) is 221 Å². The molecule has 0 amide bonds. The lowest BCUT2D eigenvalue weighted by Gasteiger charge is -2.11. The molecule has 7 heteroatoms. The van der Waals surface area contributed by atoms with Crippen molar-refractivity contribution >= 4 is 16.2 Å². The minimum Gasteiger partial charge on any atom is -0.726 e. The van der Waals surface area contributed by atoms with Crippen molar-refractivity contribution in [3.05, 3.63) is 0 Å². The van der Waals surface area contributed by atoms with Crippen LogP contribution in [0.2, 0.25) is 0 Å². The van der Waals surface area contributed by atoms with E-state index >= 15 is 0 Å². The van der Waals surface area contributed by atoms with Crippen LogP contribution in [0.25, 0.3) is 0 Å². The number of likely N-dealkylation sites (N-methyl/N-ethyl adjacent to an activating group) is 2. The molecule has 1 heterocycles. The summed E-state index contributed by atoms with van der Waals surface area (Å²) in [5.74, 6) is 1.68. The Morgan fingerprint density at radius 1 is 0.596 bits per heavy atom. The second kappa shape index (κ2) is 33.8. The van der Waals surface area contributed by atoms with Crippen molar-refractivity contribution in [2.75, 3.05) is 26.2 Å². The Balaban J connectivity index is 0.00000270. The predicted octanol–water partition coefficient (Wildman–Crippen LogP) is 12.0. The number of hydrogen-bond acceptors (Lipinski definition) is 5. The third-order valence-corrected chi connectivity index (χ3v) is 10.5. The van der Waals surface area contributed by atoms with Gasteiger partial charge in [0.15, 0.2) is 0 Å².